The highest BCUT2D eigenvalue weighted by atomic mass is 32.2. The van der Waals surface area contributed by atoms with Crippen LogP contribution in [0.1, 0.15) is 22.3 Å². The molecule has 0 spiro atoms. The number of esters is 1. The van der Waals surface area contributed by atoms with Crippen molar-refractivity contribution in [2.45, 2.75) is 25.3 Å². The van der Waals surface area contributed by atoms with Crippen molar-refractivity contribution >= 4 is 16.0 Å². The summed E-state index contributed by atoms with van der Waals surface area (Å²) in [6, 6.07) is 13.5. The minimum atomic E-state index is -3.79. The average molecular weight is 358 g/mol. The number of carbonyl (C=O) groups excluding carboxylic acids is 1. The third-order valence-electron chi connectivity index (χ3n) is 3.72. The molecule has 0 saturated heterocycles. The molecule has 6 nitrogen and oxygen atoms in total. The number of nitrogens with one attached hydrogen (secondary N) is 1. The van der Waals surface area contributed by atoms with Gasteiger partial charge in [-0.15, -0.1) is 0 Å². The highest BCUT2D eigenvalue weighted by molar-refractivity contribution is 7.89. The van der Waals surface area contributed by atoms with E-state index in [9.17, 15) is 13.2 Å². The zero-order valence-electron chi connectivity index (χ0n) is 13.9. The molecule has 2 aromatic carbocycles. The number of ether oxygens (including phenoxy) is 1. The number of sulfonamides is 1. The molecule has 130 valence electrons. The second kappa shape index (κ2) is 7.92. The zero-order valence-corrected chi connectivity index (χ0v) is 14.8. The number of nitrogens with zero attached hydrogens (tertiary/aromatic N) is 1. The van der Waals surface area contributed by atoms with Crippen LogP contribution in [0.15, 0.2) is 47.4 Å². The van der Waals surface area contributed by atoms with Gasteiger partial charge in [-0.2, -0.15) is 9.98 Å². The molecule has 0 atom stereocenters. The van der Waals surface area contributed by atoms with Crippen LogP contribution in [0.3, 0.4) is 0 Å². The molecular formula is C18H18N2O4S. The number of carbonyl (C=O) groups is 1. The summed E-state index contributed by atoms with van der Waals surface area (Å²) in [5.41, 5.74) is 2.80. The fourth-order valence-corrected chi connectivity index (χ4v) is 3.14. The van der Waals surface area contributed by atoms with Crippen molar-refractivity contribution in [1.29, 1.82) is 5.26 Å². The Morgan fingerprint density at radius 1 is 1.16 bits per heavy atom. The van der Waals surface area contributed by atoms with Gasteiger partial charge in [-0.25, -0.2) is 8.42 Å². The topological polar surface area (TPSA) is 96.3 Å². The first kappa shape index (κ1) is 18.6. The smallest absolute Gasteiger partial charge is 0.321 e. The Hall–Kier alpha value is -2.69. The molecule has 0 amide bonds. The summed E-state index contributed by atoms with van der Waals surface area (Å²) < 4.78 is 31.7. The van der Waals surface area contributed by atoms with Gasteiger partial charge in [0.1, 0.15) is 13.2 Å². The van der Waals surface area contributed by atoms with Crippen LogP contribution in [0.25, 0.3) is 0 Å². The summed E-state index contributed by atoms with van der Waals surface area (Å²) >= 11 is 0. The molecule has 7 heteroatoms. The number of hydrogen-bond donors (Lipinski definition) is 1. The van der Waals surface area contributed by atoms with E-state index in [4.69, 9.17) is 10.00 Å². The molecule has 0 radical (unpaired) electrons. The second-order valence-electron chi connectivity index (χ2n) is 5.50. The largest absolute Gasteiger partial charge is 0.460 e. The standard InChI is InChI=1S/C18H18N2O4S/c1-13-7-8-17(9-14(13)2)25(22,23)20-11-18(21)24-12-16-6-4-3-5-15(16)10-19/h3-9,20H,11-12H2,1-2H3. The highest BCUT2D eigenvalue weighted by Crippen LogP contribution is 2.14. The summed E-state index contributed by atoms with van der Waals surface area (Å²) in [5, 5.41) is 8.98. The Morgan fingerprint density at radius 2 is 1.88 bits per heavy atom. The van der Waals surface area contributed by atoms with Crippen LogP contribution in [-0.2, 0) is 26.2 Å². The van der Waals surface area contributed by atoms with Gasteiger partial charge in [0.25, 0.3) is 0 Å². The van der Waals surface area contributed by atoms with Crippen molar-refractivity contribution in [2.75, 3.05) is 6.54 Å². The molecular weight excluding hydrogens is 340 g/mol. The minimum absolute atomic E-state index is 0.0894. The van der Waals surface area contributed by atoms with Crippen LogP contribution < -0.4 is 4.72 Å². The predicted octanol–water partition coefficient (Wildman–Crippen LogP) is 2.20. The Kier molecular flexibility index (Phi) is 5.91. The molecule has 0 unspecified atom stereocenters. The molecule has 0 heterocycles. The van der Waals surface area contributed by atoms with Crippen LogP contribution in [0.5, 0.6) is 0 Å². The number of aryl methyl sites for hydroxylation is 2. The monoisotopic (exact) mass is 358 g/mol. The van der Waals surface area contributed by atoms with Gasteiger partial charge in [0, 0.05) is 5.56 Å². The summed E-state index contributed by atoms with van der Waals surface area (Å²) in [7, 11) is -3.79. The number of nitriles is 1. The van der Waals surface area contributed by atoms with E-state index in [1.165, 1.54) is 6.07 Å². The molecule has 0 aliphatic rings. The van der Waals surface area contributed by atoms with E-state index in [-0.39, 0.29) is 11.5 Å². The quantitative estimate of drug-likeness (QED) is 0.799. The molecule has 1 N–H and O–H groups in total. The van der Waals surface area contributed by atoms with Crippen LogP contribution in [0.4, 0.5) is 0 Å². The fraction of sp³-hybridized carbons (Fsp3) is 0.222. The number of hydrogen-bond acceptors (Lipinski definition) is 5. The summed E-state index contributed by atoms with van der Waals surface area (Å²) in [6.07, 6.45) is 0. The van der Waals surface area contributed by atoms with Crippen molar-refractivity contribution in [3.05, 3.63) is 64.7 Å². The molecule has 0 fully saturated rings. The van der Waals surface area contributed by atoms with Gasteiger partial charge < -0.3 is 4.74 Å². The molecule has 2 aromatic rings. The molecule has 0 aliphatic heterocycles. The molecule has 25 heavy (non-hydrogen) atoms. The van der Waals surface area contributed by atoms with Gasteiger partial charge >= 0.3 is 5.97 Å². The van der Waals surface area contributed by atoms with E-state index in [1.54, 1.807) is 36.4 Å². The van der Waals surface area contributed by atoms with E-state index < -0.39 is 22.5 Å². The van der Waals surface area contributed by atoms with Crippen molar-refractivity contribution in [1.82, 2.24) is 4.72 Å². The third kappa shape index (κ3) is 4.89. The number of benzene rings is 2. The third-order valence-corrected chi connectivity index (χ3v) is 5.12. The highest BCUT2D eigenvalue weighted by Gasteiger charge is 2.17. The van der Waals surface area contributed by atoms with Crippen molar-refractivity contribution < 1.29 is 17.9 Å². The zero-order chi connectivity index (χ0) is 18.4. The Morgan fingerprint density at radius 3 is 2.56 bits per heavy atom. The summed E-state index contributed by atoms with van der Waals surface area (Å²) in [4.78, 5) is 11.9. The first-order valence-electron chi connectivity index (χ1n) is 7.54. The van der Waals surface area contributed by atoms with Gasteiger partial charge in [0.2, 0.25) is 10.0 Å². The lowest BCUT2D eigenvalue weighted by Crippen LogP contribution is -2.30. The molecule has 0 saturated carbocycles. The molecule has 0 bridgehead atoms. The van der Waals surface area contributed by atoms with Gasteiger partial charge in [0.05, 0.1) is 16.5 Å². The lowest BCUT2D eigenvalue weighted by atomic mass is 10.1. The van der Waals surface area contributed by atoms with Crippen molar-refractivity contribution in [3.63, 3.8) is 0 Å². The van der Waals surface area contributed by atoms with E-state index in [0.29, 0.717) is 11.1 Å². The lowest BCUT2D eigenvalue weighted by Gasteiger charge is -2.09. The normalized spacial score (nSPS) is 10.9. The SMILES string of the molecule is Cc1ccc(S(=O)(=O)NCC(=O)OCc2ccccc2C#N)cc1C. The average Bonchev–Trinajstić information content (AvgIpc) is 2.60. The minimum Gasteiger partial charge on any atom is -0.460 e. The maximum absolute atomic E-state index is 12.2. The predicted molar refractivity (Wildman–Crippen MR) is 92.1 cm³/mol. The van der Waals surface area contributed by atoms with E-state index >= 15 is 0 Å². The van der Waals surface area contributed by atoms with E-state index in [2.05, 4.69) is 4.72 Å². The van der Waals surface area contributed by atoms with Gasteiger partial charge in [-0.1, -0.05) is 24.3 Å². The first-order valence-corrected chi connectivity index (χ1v) is 9.02. The van der Waals surface area contributed by atoms with E-state index in [1.807, 2.05) is 19.9 Å². The Labute approximate surface area is 147 Å². The maximum Gasteiger partial charge on any atom is 0.321 e. The Balaban J connectivity index is 1.95. The van der Waals surface area contributed by atoms with Crippen LogP contribution in [-0.4, -0.2) is 20.9 Å². The van der Waals surface area contributed by atoms with E-state index in [0.717, 1.165) is 11.1 Å². The van der Waals surface area contributed by atoms with Crippen molar-refractivity contribution in [3.8, 4) is 6.07 Å². The van der Waals surface area contributed by atoms with Crippen molar-refractivity contribution in [2.24, 2.45) is 0 Å². The van der Waals surface area contributed by atoms with Gasteiger partial charge in [-0.05, 0) is 43.2 Å². The van der Waals surface area contributed by atoms with Crippen LogP contribution in [0, 0.1) is 25.2 Å². The number of rotatable bonds is 6. The lowest BCUT2D eigenvalue weighted by molar-refractivity contribution is -0.143. The fourth-order valence-electron chi connectivity index (χ4n) is 2.08. The Bertz CT molecular complexity index is 930. The summed E-state index contributed by atoms with van der Waals surface area (Å²) in [6.45, 7) is 3.13. The van der Waals surface area contributed by atoms with Gasteiger partial charge in [0.15, 0.2) is 0 Å². The first-order chi connectivity index (χ1) is 11.8. The molecule has 0 aliphatic carbocycles. The molecule has 0 aromatic heterocycles. The van der Waals surface area contributed by atoms with Crippen LogP contribution in [0.2, 0.25) is 0 Å². The molecule has 2 rings (SSSR count). The summed E-state index contributed by atoms with van der Waals surface area (Å²) in [5.74, 6) is -0.722. The van der Waals surface area contributed by atoms with Crippen LogP contribution >= 0.6 is 0 Å². The maximum atomic E-state index is 12.2. The second-order valence-corrected chi connectivity index (χ2v) is 7.27. The van der Waals surface area contributed by atoms with Gasteiger partial charge in [-0.3, -0.25) is 4.79 Å².